The van der Waals surface area contributed by atoms with Crippen molar-refractivity contribution >= 4 is 22.6 Å². The van der Waals surface area contributed by atoms with Gasteiger partial charge >= 0.3 is 0 Å². The van der Waals surface area contributed by atoms with Gasteiger partial charge in [-0.1, -0.05) is 13.8 Å². The molecule has 0 radical (unpaired) electrons. The van der Waals surface area contributed by atoms with Gasteiger partial charge in [-0.3, -0.25) is 0 Å². The van der Waals surface area contributed by atoms with E-state index in [-0.39, 0.29) is 11.4 Å². The minimum atomic E-state index is -0.222. The van der Waals surface area contributed by atoms with Gasteiger partial charge in [0, 0.05) is 17.8 Å². The number of rotatable bonds is 5. The normalized spacial score (nSPS) is 12.3. The molecule has 0 saturated heterocycles. The zero-order chi connectivity index (χ0) is 14.0. The van der Waals surface area contributed by atoms with Gasteiger partial charge in [-0.05, 0) is 38.0 Å². The average molecular weight is 283 g/mol. The smallest absolute Gasteiger partial charge is 0.125 e. The van der Waals surface area contributed by atoms with Gasteiger partial charge in [0.05, 0.1) is 11.0 Å². The topological polar surface area (TPSA) is 17.8 Å². The molecule has 0 unspecified atom stereocenters. The van der Waals surface area contributed by atoms with Gasteiger partial charge in [-0.25, -0.2) is 9.37 Å². The molecule has 104 valence electrons. The Morgan fingerprint density at radius 1 is 1.32 bits per heavy atom. The molecule has 0 spiro atoms. The van der Waals surface area contributed by atoms with Crippen molar-refractivity contribution in [1.29, 1.82) is 0 Å². The average Bonchev–Trinajstić information content (AvgIpc) is 2.76. The summed E-state index contributed by atoms with van der Waals surface area (Å²) in [6, 6.07) is 4.77. The zero-order valence-electron chi connectivity index (χ0n) is 11.7. The van der Waals surface area contributed by atoms with Crippen molar-refractivity contribution in [3.8, 4) is 0 Å². The number of hydrogen-bond donors (Lipinski definition) is 0. The lowest BCUT2D eigenvalue weighted by Crippen LogP contribution is -2.30. The Morgan fingerprint density at radius 2 is 2.00 bits per heavy atom. The van der Waals surface area contributed by atoms with Crippen molar-refractivity contribution in [3.63, 3.8) is 0 Å². The van der Waals surface area contributed by atoms with Crippen LogP contribution in [-0.2, 0) is 12.0 Å². The van der Waals surface area contributed by atoms with Crippen LogP contribution in [0.2, 0.25) is 0 Å². The summed E-state index contributed by atoms with van der Waals surface area (Å²) in [6.45, 7) is 6.50. The van der Waals surface area contributed by atoms with Crippen LogP contribution < -0.4 is 0 Å². The van der Waals surface area contributed by atoms with Gasteiger partial charge in [0.2, 0.25) is 0 Å². The summed E-state index contributed by atoms with van der Waals surface area (Å²) in [5.74, 6) is 1.25. The third-order valence-corrected chi connectivity index (χ3v) is 4.26. The van der Waals surface area contributed by atoms with Gasteiger partial charge in [-0.15, -0.1) is 11.6 Å². The van der Waals surface area contributed by atoms with E-state index in [9.17, 15) is 4.39 Å². The molecule has 0 aliphatic heterocycles. The summed E-state index contributed by atoms with van der Waals surface area (Å²) in [7, 11) is 0. The highest BCUT2D eigenvalue weighted by Gasteiger charge is 2.27. The molecule has 0 aliphatic carbocycles. The fraction of sp³-hybridized carbons (Fsp3) is 0.533. The van der Waals surface area contributed by atoms with E-state index in [1.54, 1.807) is 12.1 Å². The van der Waals surface area contributed by atoms with Gasteiger partial charge < -0.3 is 4.57 Å². The van der Waals surface area contributed by atoms with Gasteiger partial charge in [0.15, 0.2) is 0 Å². The summed E-state index contributed by atoms with van der Waals surface area (Å²) in [6.07, 6.45) is 2.65. The lowest BCUT2D eigenvalue weighted by atomic mass is 9.94. The fourth-order valence-electron chi connectivity index (χ4n) is 2.52. The second kappa shape index (κ2) is 5.49. The SMILES string of the molecule is CCC(C)(CC)n1c(CCCl)nc2ccc(F)cc21. The molecule has 0 atom stereocenters. The molecule has 4 heteroatoms. The third-order valence-electron chi connectivity index (χ3n) is 4.07. The van der Waals surface area contributed by atoms with E-state index >= 15 is 0 Å². The van der Waals surface area contributed by atoms with Crippen molar-refractivity contribution < 1.29 is 4.39 Å². The van der Waals surface area contributed by atoms with Crippen LogP contribution in [0.25, 0.3) is 11.0 Å². The first-order valence-electron chi connectivity index (χ1n) is 6.79. The van der Waals surface area contributed by atoms with Crippen molar-refractivity contribution in [2.24, 2.45) is 0 Å². The Bertz CT molecular complexity index is 573. The number of halogens is 2. The van der Waals surface area contributed by atoms with Crippen molar-refractivity contribution in [1.82, 2.24) is 9.55 Å². The maximum Gasteiger partial charge on any atom is 0.125 e. The Kier molecular flexibility index (Phi) is 4.14. The predicted octanol–water partition coefficient (Wildman–Crippen LogP) is 4.49. The number of nitrogens with zero attached hydrogens (tertiary/aromatic N) is 2. The van der Waals surface area contributed by atoms with Crippen LogP contribution in [0.1, 0.15) is 39.4 Å². The molecular weight excluding hydrogens is 263 g/mol. The van der Waals surface area contributed by atoms with Crippen LogP contribution in [0.4, 0.5) is 4.39 Å². The van der Waals surface area contributed by atoms with Crippen LogP contribution >= 0.6 is 11.6 Å². The molecule has 0 aliphatic rings. The van der Waals surface area contributed by atoms with E-state index < -0.39 is 0 Å². The molecular formula is C15H20ClFN2. The number of aromatic nitrogens is 2. The highest BCUT2D eigenvalue weighted by molar-refractivity contribution is 6.17. The summed E-state index contributed by atoms with van der Waals surface area (Å²) in [4.78, 5) is 4.62. The van der Waals surface area contributed by atoms with E-state index in [1.807, 2.05) is 0 Å². The molecule has 2 aromatic rings. The first-order valence-corrected chi connectivity index (χ1v) is 7.32. The molecule has 1 aromatic heterocycles. The van der Waals surface area contributed by atoms with E-state index in [2.05, 4.69) is 30.3 Å². The molecule has 0 amide bonds. The molecule has 1 aromatic carbocycles. The molecule has 2 nitrogen and oxygen atoms in total. The number of benzene rings is 1. The predicted molar refractivity (Wildman–Crippen MR) is 78.3 cm³/mol. The van der Waals surface area contributed by atoms with E-state index in [0.29, 0.717) is 12.3 Å². The maximum absolute atomic E-state index is 13.5. The molecule has 1 heterocycles. The van der Waals surface area contributed by atoms with E-state index in [1.165, 1.54) is 6.07 Å². The molecule has 0 bridgehead atoms. The second-order valence-corrected chi connectivity index (χ2v) is 5.52. The molecule has 19 heavy (non-hydrogen) atoms. The monoisotopic (exact) mass is 282 g/mol. The molecule has 2 rings (SSSR count). The van der Waals surface area contributed by atoms with Crippen LogP contribution in [0, 0.1) is 5.82 Å². The Balaban J connectivity index is 2.73. The first kappa shape index (κ1) is 14.3. The lowest BCUT2D eigenvalue weighted by molar-refractivity contribution is 0.294. The summed E-state index contributed by atoms with van der Waals surface area (Å²) < 4.78 is 15.7. The summed E-state index contributed by atoms with van der Waals surface area (Å²) in [5, 5.41) is 0. The van der Waals surface area contributed by atoms with Crippen molar-refractivity contribution in [2.75, 3.05) is 5.88 Å². The van der Waals surface area contributed by atoms with Crippen LogP contribution in [-0.4, -0.2) is 15.4 Å². The van der Waals surface area contributed by atoms with Gasteiger partial charge in [-0.2, -0.15) is 0 Å². The largest absolute Gasteiger partial charge is 0.322 e. The standard InChI is InChI=1S/C15H20ClFN2/c1-4-15(3,5-2)19-13-10-11(17)6-7-12(13)18-14(19)8-9-16/h6-7,10H,4-5,8-9H2,1-3H3. The number of fused-ring (bicyclic) bond motifs is 1. The van der Waals surface area contributed by atoms with Gasteiger partial charge in [0.1, 0.15) is 11.6 Å². The lowest BCUT2D eigenvalue weighted by Gasteiger charge is -2.31. The quantitative estimate of drug-likeness (QED) is 0.739. The Labute approximate surface area is 118 Å². The van der Waals surface area contributed by atoms with Gasteiger partial charge in [0.25, 0.3) is 0 Å². The Morgan fingerprint density at radius 3 is 2.58 bits per heavy atom. The summed E-state index contributed by atoms with van der Waals surface area (Å²) in [5.41, 5.74) is 1.66. The highest BCUT2D eigenvalue weighted by atomic mass is 35.5. The van der Waals surface area contributed by atoms with Crippen molar-refractivity contribution in [3.05, 3.63) is 29.8 Å². The summed E-state index contributed by atoms with van der Waals surface area (Å²) >= 11 is 5.88. The van der Waals surface area contributed by atoms with Crippen molar-refractivity contribution in [2.45, 2.75) is 45.6 Å². The minimum Gasteiger partial charge on any atom is -0.322 e. The van der Waals surface area contributed by atoms with Crippen LogP contribution in [0.5, 0.6) is 0 Å². The first-order chi connectivity index (χ1) is 9.05. The highest BCUT2D eigenvalue weighted by Crippen LogP contribution is 2.31. The third kappa shape index (κ3) is 2.48. The van der Waals surface area contributed by atoms with E-state index in [0.717, 1.165) is 29.7 Å². The molecule has 0 fully saturated rings. The zero-order valence-corrected chi connectivity index (χ0v) is 12.5. The minimum absolute atomic E-state index is 0.0517. The molecule has 0 N–H and O–H groups in total. The number of imidazole rings is 1. The Hall–Kier alpha value is -1.09. The number of hydrogen-bond acceptors (Lipinski definition) is 1. The number of alkyl halides is 1. The molecule has 0 saturated carbocycles. The number of aryl methyl sites for hydroxylation is 1. The second-order valence-electron chi connectivity index (χ2n) is 5.14. The fourth-order valence-corrected chi connectivity index (χ4v) is 2.69. The van der Waals surface area contributed by atoms with Crippen LogP contribution in [0.15, 0.2) is 18.2 Å². The van der Waals surface area contributed by atoms with E-state index in [4.69, 9.17) is 11.6 Å². The maximum atomic E-state index is 13.5. The van der Waals surface area contributed by atoms with Crippen LogP contribution in [0.3, 0.4) is 0 Å².